The van der Waals surface area contributed by atoms with Gasteiger partial charge in [0.05, 0.1) is 18.9 Å². The predicted octanol–water partition coefficient (Wildman–Crippen LogP) is 1.32. The van der Waals surface area contributed by atoms with Crippen molar-refractivity contribution in [2.45, 2.75) is 13.0 Å². The van der Waals surface area contributed by atoms with Crippen molar-refractivity contribution in [3.05, 3.63) is 47.2 Å². The summed E-state index contributed by atoms with van der Waals surface area (Å²) in [5, 5.41) is 3.64. The van der Waals surface area contributed by atoms with Gasteiger partial charge in [0.25, 0.3) is 5.91 Å². The van der Waals surface area contributed by atoms with E-state index in [1.807, 2.05) is 6.07 Å². The molecule has 2 N–H and O–H groups in total. The number of rotatable bonds is 4. The van der Waals surface area contributed by atoms with Crippen LogP contribution in [-0.2, 0) is 14.3 Å². The molecule has 0 radical (unpaired) electrons. The molecule has 1 aliphatic heterocycles. The Morgan fingerprint density at radius 1 is 1.24 bits per heavy atom. The number of benzene rings is 1. The summed E-state index contributed by atoms with van der Waals surface area (Å²) in [7, 11) is 0. The molecule has 3 rings (SSSR count). The van der Waals surface area contributed by atoms with Crippen LogP contribution in [0.15, 0.2) is 34.9 Å². The molecule has 2 aromatic rings. The van der Waals surface area contributed by atoms with Gasteiger partial charge in [-0.25, -0.2) is 4.79 Å². The summed E-state index contributed by atoms with van der Waals surface area (Å²) >= 11 is 0. The maximum atomic E-state index is 12.9. The minimum absolute atomic E-state index is 0.0377. The number of aryl methyl sites for hydroxylation is 1. The number of esters is 1. The van der Waals surface area contributed by atoms with Crippen molar-refractivity contribution in [1.29, 1.82) is 0 Å². The lowest BCUT2D eigenvalue weighted by atomic mass is 10.1. The Hall–Kier alpha value is -2.87. The average molecular weight is 345 g/mol. The highest BCUT2D eigenvalue weighted by atomic mass is 16.6. The second-order valence-electron chi connectivity index (χ2n) is 5.64. The molecule has 8 nitrogen and oxygen atoms in total. The minimum Gasteiger partial charge on any atom is -0.443 e. The second-order valence-corrected chi connectivity index (χ2v) is 5.64. The van der Waals surface area contributed by atoms with Gasteiger partial charge in [0.1, 0.15) is 5.56 Å². The van der Waals surface area contributed by atoms with Gasteiger partial charge in [0.2, 0.25) is 12.0 Å². The highest BCUT2D eigenvalue weighted by Gasteiger charge is 2.32. The third-order valence-electron chi connectivity index (χ3n) is 3.97. The van der Waals surface area contributed by atoms with Crippen LogP contribution < -0.4 is 5.73 Å². The van der Waals surface area contributed by atoms with Crippen LogP contribution in [0.2, 0.25) is 0 Å². The first kappa shape index (κ1) is 17.0. The summed E-state index contributed by atoms with van der Waals surface area (Å²) < 4.78 is 15.6. The molecule has 1 amide bonds. The molecule has 0 saturated carbocycles. The number of hydrogen-bond acceptors (Lipinski definition) is 7. The van der Waals surface area contributed by atoms with Crippen LogP contribution in [0.1, 0.15) is 27.7 Å². The molecule has 1 aromatic carbocycles. The van der Waals surface area contributed by atoms with Crippen molar-refractivity contribution in [2.75, 3.05) is 32.0 Å². The number of nitrogens with zero attached hydrogens (tertiary/aromatic N) is 2. The van der Waals surface area contributed by atoms with Gasteiger partial charge in [0.15, 0.2) is 0 Å². The molecule has 0 unspecified atom stereocenters. The van der Waals surface area contributed by atoms with Gasteiger partial charge < -0.3 is 24.6 Å². The Kier molecular flexibility index (Phi) is 4.99. The van der Waals surface area contributed by atoms with Crippen LogP contribution in [0.3, 0.4) is 0 Å². The first-order valence-corrected chi connectivity index (χ1v) is 7.92. The summed E-state index contributed by atoms with van der Waals surface area (Å²) in [6.45, 7) is 3.40. The van der Waals surface area contributed by atoms with E-state index < -0.39 is 12.1 Å². The van der Waals surface area contributed by atoms with Crippen LogP contribution in [0.4, 0.5) is 5.88 Å². The molecule has 1 fully saturated rings. The number of amides is 1. The largest absolute Gasteiger partial charge is 0.443 e. The number of nitrogens with two attached hydrogens (primary N) is 1. The molecule has 1 aromatic heterocycles. The van der Waals surface area contributed by atoms with E-state index in [4.69, 9.17) is 19.7 Å². The van der Waals surface area contributed by atoms with Crippen LogP contribution in [0, 0.1) is 6.92 Å². The first-order chi connectivity index (χ1) is 12.1. The highest BCUT2D eigenvalue weighted by molar-refractivity contribution is 5.96. The molecule has 2 heterocycles. The number of morpholine rings is 1. The lowest BCUT2D eigenvalue weighted by molar-refractivity contribution is -0.145. The lowest BCUT2D eigenvalue weighted by Crippen LogP contribution is -2.44. The summed E-state index contributed by atoms with van der Waals surface area (Å²) in [5.41, 5.74) is 6.57. The third-order valence-corrected chi connectivity index (χ3v) is 3.97. The van der Waals surface area contributed by atoms with Crippen molar-refractivity contribution < 1.29 is 23.6 Å². The zero-order valence-electron chi connectivity index (χ0n) is 13.8. The molecule has 132 valence electrons. The quantitative estimate of drug-likeness (QED) is 0.833. The lowest BCUT2D eigenvalue weighted by Gasteiger charge is -2.30. The molecule has 0 spiro atoms. The number of hydrogen-bond donors (Lipinski definition) is 1. The number of nitrogen functional groups attached to an aromatic ring is 1. The van der Waals surface area contributed by atoms with Crippen LogP contribution in [-0.4, -0.2) is 48.2 Å². The topological polar surface area (TPSA) is 108 Å². The molecular weight excluding hydrogens is 326 g/mol. The molecular formula is C17H19N3O5. The van der Waals surface area contributed by atoms with Gasteiger partial charge in [-0.3, -0.25) is 4.79 Å². The third kappa shape index (κ3) is 3.63. The normalized spacial score (nSPS) is 15.6. The number of ether oxygens (including phenoxy) is 2. The average Bonchev–Trinajstić information content (AvgIpc) is 2.99. The van der Waals surface area contributed by atoms with Gasteiger partial charge in [0, 0.05) is 18.7 Å². The molecule has 1 aliphatic rings. The van der Waals surface area contributed by atoms with E-state index in [2.05, 4.69) is 5.16 Å². The van der Waals surface area contributed by atoms with Crippen molar-refractivity contribution >= 4 is 17.8 Å². The fourth-order valence-electron chi connectivity index (χ4n) is 2.64. The molecule has 25 heavy (non-hydrogen) atoms. The summed E-state index contributed by atoms with van der Waals surface area (Å²) in [4.78, 5) is 27.0. The fourth-order valence-corrected chi connectivity index (χ4v) is 2.64. The fraction of sp³-hybridized carbons (Fsp3) is 0.353. The first-order valence-electron chi connectivity index (χ1n) is 7.92. The van der Waals surface area contributed by atoms with Crippen molar-refractivity contribution in [2.24, 2.45) is 0 Å². The molecule has 1 saturated heterocycles. The molecule has 0 bridgehead atoms. The highest BCUT2D eigenvalue weighted by Crippen LogP contribution is 2.25. The SMILES string of the molecule is Cc1noc(N)c1C(=O)O[C@H](C(=O)N1CCOCC1)c1ccccc1. The predicted molar refractivity (Wildman–Crippen MR) is 87.6 cm³/mol. The van der Waals surface area contributed by atoms with E-state index in [0.29, 0.717) is 37.6 Å². The summed E-state index contributed by atoms with van der Waals surface area (Å²) in [6.07, 6.45) is -1.07. The van der Waals surface area contributed by atoms with E-state index in [9.17, 15) is 9.59 Å². The van der Waals surface area contributed by atoms with Crippen LogP contribution >= 0.6 is 0 Å². The molecule has 8 heteroatoms. The van der Waals surface area contributed by atoms with Gasteiger partial charge in [-0.2, -0.15) is 0 Å². The van der Waals surface area contributed by atoms with E-state index >= 15 is 0 Å². The second kappa shape index (κ2) is 7.35. The van der Waals surface area contributed by atoms with Crippen molar-refractivity contribution in [3.8, 4) is 0 Å². The Balaban J connectivity index is 1.86. The summed E-state index contributed by atoms with van der Waals surface area (Å²) in [5.74, 6) is -1.17. The minimum atomic E-state index is -1.07. The standard InChI is InChI=1S/C17H19N3O5/c1-11-13(15(18)25-19-11)17(22)24-14(12-5-3-2-4-6-12)16(21)20-7-9-23-10-8-20/h2-6,14H,7-10,18H2,1H3/t14-/m0/s1. The van der Waals surface area contributed by atoms with Gasteiger partial charge in [-0.05, 0) is 6.92 Å². The van der Waals surface area contributed by atoms with Crippen LogP contribution in [0.5, 0.6) is 0 Å². The molecule has 0 aliphatic carbocycles. The zero-order chi connectivity index (χ0) is 17.8. The summed E-state index contributed by atoms with van der Waals surface area (Å²) in [6, 6.07) is 8.85. The maximum Gasteiger partial charge on any atom is 0.346 e. The molecule has 1 atom stereocenters. The number of anilines is 1. The Labute approximate surface area is 144 Å². The maximum absolute atomic E-state index is 12.9. The monoisotopic (exact) mass is 345 g/mol. The van der Waals surface area contributed by atoms with E-state index in [0.717, 1.165) is 0 Å². The van der Waals surface area contributed by atoms with E-state index in [1.54, 1.807) is 36.1 Å². The Morgan fingerprint density at radius 3 is 2.52 bits per heavy atom. The van der Waals surface area contributed by atoms with E-state index in [1.165, 1.54) is 0 Å². The van der Waals surface area contributed by atoms with E-state index in [-0.39, 0.29) is 17.4 Å². The van der Waals surface area contributed by atoms with Gasteiger partial charge in [-0.1, -0.05) is 35.5 Å². The van der Waals surface area contributed by atoms with Crippen LogP contribution in [0.25, 0.3) is 0 Å². The van der Waals surface area contributed by atoms with Crippen molar-refractivity contribution in [3.63, 3.8) is 0 Å². The zero-order valence-corrected chi connectivity index (χ0v) is 13.8. The number of carbonyl (C=O) groups is 2. The Morgan fingerprint density at radius 2 is 1.92 bits per heavy atom. The smallest absolute Gasteiger partial charge is 0.346 e. The van der Waals surface area contributed by atoms with Gasteiger partial charge in [-0.15, -0.1) is 0 Å². The number of carbonyl (C=O) groups excluding carboxylic acids is 2. The number of aromatic nitrogens is 1. The van der Waals surface area contributed by atoms with Gasteiger partial charge >= 0.3 is 5.97 Å². The van der Waals surface area contributed by atoms with Crippen molar-refractivity contribution in [1.82, 2.24) is 10.1 Å². The Bertz CT molecular complexity index is 733.